The number of nitrogens with zero attached hydrogens (tertiary/aromatic N) is 1. The minimum atomic E-state index is -0.189. The van der Waals surface area contributed by atoms with Gasteiger partial charge in [0.1, 0.15) is 17.3 Å². The van der Waals surface area contributed by atoms with Crippen molar-refractivity contribution < 1.29 is 9.53 Å². The predicted octanol–water partition coefficient (Wildman–Crippen LogP) is 6.18. The van der Waals surface area contributed by atoms with E-state index in [0.717, 1.165) is 23.5 Å². The lowest BCUT2D eigenvalue weighted by Crippen LogP contribution is -2.23. The minimum Gasteiger partial charge on any atom is -0.457 e. The zero-order valence-electron chi connectivity index (χ0n) is 16.5. The molecule has 0 bridgehead atoms. The Balaban J connectivity index is 1.50. The van der Waals surface area contributed by atoms with E-state index in [9.17, 15) is 4.79 Å². The zero-order valence-corrected chi connectivity index (χ0v) is 16.5. The molecule has 1 aliphatic carbocycles. The zero-order chi connectivity index (χ0) is 19.9. The number of hydrogen-bond donors (Lipinski definition) is 1. The molecule has 0 saturated heterocycles. The lowest BCUT2D eigenvalue weighted by Gasteiger charge is -2.21. The van der Waals surface area contributed by atoms with Gasteiger partial charge >= 0.3 is 0 Å². The van der Waals surface area contributed by atoms with E-state index in [1.807, 2.05) is 72.8 Å². The molecule has 1 aliphatic rings. The number of amides is 1. The summed E-state index contributed by atoms with van der Waals surface area (Å²) in [6.07, 6.45) is 7.52. The van der Waals surface area contributed by atoms with E-state index in [1.54, 1.807) is 6.20 Å². The Morgan fingerprint density at radius 2 is 1.62 bits per heavy atom. The summed E-state index contributed by atoms with van der Waals surface area (Å²) < 4.78 is 5.89. The number of aromatic nitrogens is 1. The van der Waals surface area contributed by atoms with Crippen LogP contribution in [0, 0.1) is 5.92 Å². The van der Waals surface area contributed by atoms with Gasteiger partial charge in [0.05, 0.1) is 5.92 Å². The first-order chi connectivity index (χ1) is 14.3. The molecule has 4 rings (SSSR count). The molecule has 3 aromatic rings. The van der Waals surface area contributed by atoms with E-state index in [0.29, 0.717) is 11.7 Å². The van der Waals surface area contributed by atoms with Crippen molar-refractivity contribution in [2.45, 2.75) is 38.0 Å². The number of benzene rings is 2. The summed E-state index contributed by atoms with van der Waals surface area (Å²) in [6, 6.07) is 23.2. The third kappa shape index (κ3) is 5.23. The van der Waals surface area contributed by atoms with Gasteiger partial charge in [0, 0.05) is 6.20 Å². The van der Waals surface area contributed by atoms with Gasteiger partial charge in [-0.1, -0.05) is 62.1 Å². The van der Waals surface area contributed by atoms with E-state index in [-0.39, 0.29) is 11.8 Å². The Kier molecular flexibility index (Phi) is 6.20. The van der Waals surface area contributed by atoms with Crippen molar-refractivity contribution in [1.82, 2.24) is 4.98 Å². The highest BCUT2D eigenvalue weighted by molar-refractivity contribution is 5.95. The highest BCUT2D eigenvalue weighted by atomic mass is 16.5. The summed E-state index contributed by atoms with van der Waals surface area (Å²) >= 11 is 0. The maximum absolute atomic E-state index is 13.1. The second kappa shape index (κ2) is 9.37. The van der Waals surface area contributed by atoms with Crippen molar-refractivity contribution in [3.05, 3.63) is 84.6 Å². The number of carbonyl (C=O) groups is 1. The average molecular weight is 386 g/mol. The van der Waals surface area contributed by atoms with Gasteiger partial charge in [-0.15, -0.1) is 0 Å². The smallest absolute Gasteiger partial charge is 0.233 e. The van der Waals surface area contributed by atoms with Crippen molar-refractivity contribution in [2.75, 3.05) is 5.32 Å². The lowest BCUT2D eigenvalue weighted by atomic mass is 9.87. The van der Waals surface area contributed by atoms with Gasteiger partial charge in [-0.2, -0.15) is 0 Å². The van der Waals surface area contributed by atoms with Crippen LogP contribution in [-0.2, 0) is 4.79 Å². The van der Waals surface area contributed by atoms with Gasteiger partial charge in [0.25, 0.3) is 0 Å². The van der Waals surface area contributed by atoms with Crippen LogP contribution < -0.4 is 10.1 Å². The maximum Gasteiger partial charge on any atom is 0.233 e. The molecule has 29 heavy (non-hydrogen) atoms. The van der Waals surface area contributed by atoms with E-state index in [2.05, 4.69) is 10.3 Å². The minimum absolute atomic E-state index is 0.00678. The molecule has 2 aromatic carbocycles. The average Bonchev–Trinajstić information content (AvgIpc) is 3.28. The molecule has 1 N–H and O–H groups in total. The number of rotatable bonds is 7. The molecule has 1 fully saturated rings. The number of nitrogens with one attached hydrogen (secondary N) is 1. The second-order valence-electron chi connectivity index (χ2n) is 7.63. The van der Waals surface area contributed by atoms with Crippen LogP contribution in [0.2, 0.25) is 0 Å². The van der Waals surface area contributed by atoms with Gasteiger partial charge in [-0.05, 0) is 54.3 Å². The molecule has 1 saturated carbocycles. The summed E-state index contributed by atoms with van der Waals surface area (Å²) in [6.45, 7) is 0. The number of anilines is 1. The number of carbonyl (C=O) groups excluding carboxylic acids is 1. The summed E-state index contributed by atoms with van der Waals surface area (Å²) in [5.41, 5.74) is 1.02. The summed E-state index contributed by atoms with van der Waals surface area (Å²) in [7, 11) is 0. The van der Waals surface area contributed by atoms with Crippen LogP contribution >= 0.6 is 0 Å². The summed E-state index contributed by atoms with van der Waals surface area (Å²) in [4.78, 5) is 17.3. The Hall–Kier alpha value is -3.14. The highest BCUT2D eigenvalue weighted by Gasteiger charge is 2.27. The Bertz CT molecular complexity index is 905. The van der Waals surface area contributed by atoms with Crippen molar-refractivity contribution in [3.8, 4) is 11.5 Å². The fraction of sp³-hybridized carbons (Fsp3) is 0.280. The first-order valence-corrected chi connectivity index (χ1v) is 10.3. The van der Waals surface area contributed by atoms with Gasteiger partial charge in [-0.3, -0.25) is 4.79 Å². The van der Waals surface area contributed by atoms with E-state index < -0.39 is 0 Å². The Morgan fingerprint density at radius 3 is 2.31 bits per heavy atom. The second-order valence-corrected chi connectivity index (χ2v) is 7.63. The number of pyridine rings is 1. The van der Waals surface area contributed by atoms with Crippen molar-refractivity contribution >= 4 is 11.7 Å². The van der Waals surface area contributed by atoms with Crippen molar-refractivity contribution in [3.63, 3.8) is 0 Å². The van der Waals surface area contributed by atoms with Crippen LogP contribution in [0.4, 0.5) is 5.82 Å². The molecule has 4 nitrogen and oxygen atoms in total. The van der Waals surface area contributed by atoms with Crippen molar-refractivity contribution in [1.29, 1.82) is 0 Å². The molecular formula is C25H26N2O2. The highest BCUT2D eigenvalue weighted by Crippen LogP contribution is 2.35. The normalized spacial score (nSPS) is 15.0. The molecule has 148 valence electrons. The SMILES string of the molecule is O=C(Nc1ccccn1)C(CC1CCCC1)c1ccc(Oc2ccccc2)cc1. The van der Waals surface area contributed by atoms with Crippen molar-refractivity contribution in [2.24, 2.45) is 5.92 Å². The summed E-state index contributed by atoms with van der Waals surface area (Å²) in [5.74, 6) is 2.59. The van der Waals surface area contributed by atoms with Gasteiger partial charge in [0.15, 0.2) is 0 Å². The van der Waals surface area contributed by atoms with Gasteiger partial charge in [0.2, 0.25) is 5.91 Å². The molecule has 1 amide bonds. The fourth-order valence-electron chi connectivity index (χ4n) is 4.02. The molecule has 0 radical (unpaired) electrons. The Labute approximate surface area is 172 Å². The number of para-hydroxylation sites is 1. The molecule has 1 atom stereocenters. The number of ether oxygens (including phenoxy) is 1. The van der Waals surface area contributed by atoms with E-state index in [1.165, 1.54) is 25.7 Å². The molecule has 1 heterocycles. The van der Waals surface area contributed by atoms with Gasteiger partial charge in [-0.25, -0.2) is 4.98 Å². The standard InChI is InChI=1S/C25H26N2O2/c28-25(27-24-12-6-7-17-26-24)23(18-19-8-4-5-9-19)20-13-15-22(16-14-20)29-21-10-2-1-3-11-21/h1-3,6-7,10-17,19,23H,4-5,8-9,18H2,(H,26,27,28). The Morgan fingerprint density at radius 1 is 0.931 bits per heavy atom. The largest absolute Gasteiger partial charge is 0.457 e. The van der Waals surface area contributed by atoms with Crippen LogP contribution in [0.25, 0.3) is 0 Å². The first-order valence-electron chi connectivity index (χ1n) is 10.3. The molecule has 1 aromatic heterocycles. The van der Waals surface area contributed by atoms with E-state index in [4.69, 9.17) is 4.74 Å². The van der Waals surface area contributed by atoms with Crippen LogP contribution in [-0.4, -0.2) is 10.9 Å². The van der Waals surface area contributed by atoms with Crippen LogP contribution in [0.15, 0.2) is 79.0 Å². The molecule has 1 unspecified atom stereocenters. The maximum atomic E-state index is 13.1. The topological polar surface area (TPSA) is 51.2 Å². The fourth-order valence-corrected chi connectivity index (χ4v) is 4.02. The molecule has 0 spiro atoms. The monoisotopic (exact) mass is 386 g/mol. The number of hydrogen-bond acceptors (Lipinski definition) is 3. The van der Waals surface area contributed by atoms with Crippen LogP contribution in [0.5, 0.6) is 11.5 Å². The lowest BCUT2D eigenvalue weighted by molar-refractivity contribution is -0.118. The summed E-state index contributed by atoms with van der Waals surface area (Å²) in [5, 5.41) is 2.99. The quantitative estimate of drug-likeness (QED) is 0.528. The molecule has 4 heteroatoms. The van der Waals surface area contributed by atoms with Gasteiger partial charge < -0.3 is 10.1 Å². The van der Waals surface area contributed by atoms with E-state index >= 15 is 0 Å². The molecular weight excluding hydrogens is 360 g/mol. The third-order valence-corrected chi connectivity index (χ3v) is 5.54. The predicted molar refractivity (Wildman–Crippen MR) is 115 cm³/mol. The van der Waals surface area contributed by atoms with Crippen LogP contribution in [0.3, 0.4) is 0 Å². The molecule has 0 aliphatic heterocycles. The van der Waals surface area contributed by atoms with Crippen LogP contribution in [0.1, 0.15) is 43.6 Å². The first kappa shape index (κ1) is 19.2. The third-order valence-electron chi connectivity index (χ3n) is 5.54.